The highest BCUT2D eigenvalue weighted by Gasteiger charge is 2.35. The van der Waals surface area contributed by atoms with Crippen LogP contribution < -0.4 is 11.1 Å². The number of pyridine rings is 1. The third-order valence-electron chi connectivity index (χ3n) is 3.12. The Labute approximate surface area is 105 Å². The van der Waals surface area contributed by atoms with Crippen LogP contribution in [0.25, 0.3) is 0 Å². The zero-order chi connectivity index (χ0) is 13.1. The Hall–Kier alpha value is -1.79. The van der Waals surface area contributed by atoms with Crippen molar-refractivity contribution in [3.63, 3.8) is 0 Å². The number of imide groups is 1. The van der Waals surface area contributed by atoms with Crippen molar-refractivity contribution in [2.24, 2.45) is 5.73 Å². The minimum absolute atomic E-state index is 0.158. The molecular weight excluding hydrogens is 232 g/mol. The fourth-order valence-corrected chi connectivity index (χ4v) is 2.11. The van der Waals surface area contributed by atoms with Gasteiger partial charge in [0.05, 0.1) is 24.3 Å². The highest BCUT2D eigenvalue weighted by Crippen LogP contribution is 2.21. The lowest BCUT2D eigenvalue weighted by atomic mass is 10.1. The molecule has 0 aromatic carbocycles. The highest BCUT2D eigenvalue weighted by molar-refractivity contribution is 6.00. The Kier molecular flexibility index (Phi) is 3.69. The molecule has 2 unspecified atom stereocenters. The fourth-order valence-electron chi connectivity index (χ4n) is 2.11. The van der Waals surface area contributed by atoms with E-state index in [1.54, 1.807) is 18.0 Å². The largest absolute Gasteiger partial charge is 0.329 e. The maximum absolute atomic E-state index is 11.6. The Morgan fingerprint density at radius 3 is 2.94 bits per heavy atom. The second-order valence-electron chi connectivity index (χ2n) is 4.27. The number of nitrogens with one attached hydrogen (secondary N) is 1. The molecule has 1 aromatic rings. The predicted octanol–water partition coefficient (Wildman–Crippen LogP) is -0.572. The first-order chi connectivity index (χ1) is 8.63. The standard InChI is InChI=1S/C12H16N4O2/c1-8-12(18)15-11(17)7-16(8)10(6-13)9-4-2-3-5-14-9/h2-5,8,10H,6-7,13H2,1H3,(H,15,17,18). The number of hydrogen-bond donors (Lipinski definition) is 2. The number of nitrogens with zero attached hydrogens (tertiary/aromatic N) is 2. The molecule has 2 atom stereocenters. The Morgan fingerprint density at radius 2 is 2.33 bits per heavy atom. The topological polar surface area (TPSA) is 88.3 Å². The van der Waals surface area contributed by atoms with Crippen LogP contribution in [0.1, 0.15) is 18.7 Å². The molecule has 0 aliphatic carbocycles. The van der Waals surface area contributed by atoms with E-state index in [1.165, 1.54) is 0 Å². The molecule has 1 fully saturated rings. The van der Waals surface area contributed by atoms with E-state index in [0.29, 0.717) is 6.54 Å². The zero-order valence-corrected chi connectivity index (χ0v) is 10.2. The summed E-state index contributed by atoms with van der Waals surface area (Å²) in [4.78, 5) is 29.1. The lowest BCUT2D eigenvalue weighted by Crippen LogP contribution is -2.58. The number of carbonyl (C=O) groups excluding carboxylic acids is 2. The summed E-state index contributed by atoms with van der Waals surface area (Å²) >= 11 is 0. The molecule has 6 heteroatoms. The summed E-state index contributed by atoms with van der Waals surface area (Å²) in [5.74, 6) is -0.590. The van der Waals surface area contributed by atoms with Crippen molar-refractivity contribution in [3.8, 4) is 0 Å². The number of amides is 2. The van der Waals surface area contributed by atoms with Crippen LogP contribution in [0.3, 0.4) is 0 Å². The van der Waals surface area contributed by atoms with Gasteiger partial charge in [0, 0.05) is 12.7 Å². The second-order valence-corrected chi connectivity index (χ2v) is 4.27. The summed E-state index contributed by atoms with van der Waals surface area (Å²) in [5, 5.41) is 2.31. The summed E-state index contributed by atoms with van der Waals surface area (Å²) in [7, 11) is 0. The minimum Gasteiger partial charge on any atom is -0.329 e. The van der Waals surface area contributed by atoms with Gasteiger partial charge in [-0.1, -0.05) is 6.07 Å². The van der Waals surface area contributed by atoms with Crippen LogP contribution in [0.2, 0.25) is 0 Å². The first kappa shape index (κ1) is 12.7. The maximum atomic E-state index is 11.6. The van der Waals surface area contributed by atoms with Crippen LogP contribution in [-0.4, -0.2) is 40.8 Å². The van der Waals surface area contributed by atoms with E-state index in [-0.39, 0.29) is 24.4 Å². The van der Waals surface area contributed by atoms with E-state index < -0.39 is 6.04 Å². The molecule has 96 valence electrons. The molecule has 18 heavy (non-hydrogen) atoms. The normalized spacial score (nSPS) is 22.7. The molecule has 6 nitrogen and oxygen atoms in total. The average Bonchev–Trinajstić information content (AvgIpc) is 2.37. The molecule has 1 aromatic heterocycles. The summed E-state index contributed by atoms with van der Waals surface area (Å²) in [6.45, 7) is 2.22. The first-order valence-electron chi connectivity index (χ1n) is 5.84. The van der Waals surface area contributed by atoms with Gasteiger partial charge in [0.1, 0.15) is 0 Å². The predicted molar refractivity (Wildman–Crippen MR) is 65.4 cm³/mol. The summed E-state index contributed by atoms with van der Waals surface area (Å²) < 4.78 is 0. The number of piperazine rings is 1. The van der Waals surface area contributed by atoms with Crippen molar-refractivity contribution >= 4 is 11.8 Å². The molecule has 2 rings (SSSR count). The molecule has 0 saturated carbocycles. The molecule has 1 saturated heterocycles. The monoisotopic (exact) mass is 248 g/mol. The van der Waals surface area contributed by atoms with Crippen LogP contribution in [0.5, 0.6) is 0 Å². The number of hydrogen-bond acceptors (Lipinski definition) is 5. The van der Waals surface area contributed by atoms with Crippen LogP contribution in [0.15, 0.2) is 24.4 Å². The van der Waals surface area contributed by atoms with Gasteiger partial charge in [0.25, 0.3) is 0 Å². The Morgan fingerprint density at radius 1 is 1.56 bits per heavy atom. The van der Waals surface area contributed by atoms with Gasteiger partial charge < -0.3 is 5.73 Å². The molecule has 0 spiro atoms. The van der Waals surface area contributed by atoms with E-state index in [0.717, 1.165) is 5.69 Å². The molecule has 2 heterocycles. The van der Waals surface area contributed by atoms with Gasteiger partial charge >= 0.3 is 0 Å². The fraction of sp³-hybridized carbons (Fsp3) is 0.417. The quantitative estimate of drug-likeness (QED) is 0.699. The van der Waals surface area contributed by atoms with Crippen molar-refractivity contribution < 1.29 is 9.59 Å². The molecule has 1 aliphatic rings. The Balaban J connectivity index is 2.27. The van der Waals surface area contributed by atoms with Gasteiger partial charge in [-0.3, -0.25) is 24.8 Å². The van der Waals surface area contributed by atoms with Crippen LogP contribution in [0, 0.1) is 0 Å². The molecule has 0 radical (unpaired) electrons. The molecular formula is C12H16N4O2. The second kappa shape index (κ2) is 5.24. The summed E-state index contributed by atoms with van der Waals surface area (Å²) in [6, 6.07) is 4.91. The van der Waals surface area contributed by atoms with Crippen molar-refractivity contribution in [2.45, 2.75) is 19.0 Å². The van der Waals surface area contributed by atoms with Gasteiger partial charge in [0.15, 0.2) is 0 Å². The van der Waals surface area contributed by atoms with Crippen LogP contribution in [-0.2, 0) is 9.59 Å². The smallest absolute Gasteiger partial charge is 0.243 e. The van der Waals surface area contributed by atoms with E-state index in [4.69, 9.17) is 5.73 Å². The number of carbonyl (C=O) groups is 2. The van der Waals surface area contributed by atoms with E-state index in [1.807, 2.05) is 18.2 Å². The summed E-state index contributed by atoms with van der Waals surface area (Å²) in [6.07, 6.45) is 1.68. The molecule has 1 aliphatic heterocycles. The average molecular weight is 248 g/mol. The SMILES string of the molecule is CC1C(=O)NC(=O)CN1C(CN)c1ccccn1. The minimum atomic E-state index is -0.391. The van der Waals surface area contributed by atoms with Crippen LogP contribution >= 0.6 is 0 Å². The summed E-state index contributed by atoms with van der Waals surface area (Å²) in [5.41, 5.74) is 6.54. The number of rotatable bonds is 3. The third-order valence-corrected chi connectivity index (χ3v) is 3.12. The van der Waals surface area contributed by atoms with Crippen molar-refractivity contribution in [1.82, 2.24) is 15.2 Å². The van der Waals surface area contributed by atoms with Crippen LogP contribution in [0.4, 0.5) is 0 Å². The van der Waals surface area contributed by atoms with E-state index in [2.05, 4.69) is 10.3 Å². The zero-order valence-electron chi connectivity index (χ0n) is 10.2. The Bertz CT molecular complexity index is 449. The first-order valence-corrected chi connectivity index (χ1v) is 5.84. The van der Waals surface area contributed by atoms with Gasteiger partial charge in [-0.15, -0.1) is 0 Å². The van der Waals surface area contributed by atoms with E-state index in [9.17, 15) is 9.59 Å². The van der Waals surface area contributed by atoms with Crippen molar-refractivity contribution in [3.05, 3.63) is 30.1 Å². The number of aromatic nitrogens is 1. The third kappa shape index (κ3) is 2.39. The molecule has 2 amide bonds. The van der Waals surface area contributed by atoms with E-state index >= 15 is 0 Å². The van der Waals surface area contributed by atoms with Gasteiger partial charge in [-0.2, -0.15) is 0 Å². The maximum Gasteiger partial charge on any atom is 0.243 e. The number of nitrogens with two attached hydrogens (primary N) is 1. The van der Waals surface area contributed by atoms with Crippen molar-refractivity contribution in [2.75, 3.05) is 13.1 Å². The van der Waals surface area contributed by atoms with Gasteiger partial charge in [-0.05, 0) is 19.1 Å². The molecule has 0 bridgehead atoms. The van der Waals surface area contributed by atoms with Gasteiger partial charge in [0.2, 0.25) is 11.8 Å². The lowest BCUT2D eigenvalue weighted by Gasteiger charge is -2.37. The van der Waals surface area contributed by atoms with Gasteiger partial charge in [-0.25, -0.2) is 0 Å². The lowest BCUT2D eigenvalue weighted by molar-refractivity contribution is -0.141. The molecule has 3 N–H and O–H groups in total. The highest BCUT2D eigenvalue weighted by atomic mass is 16.2. The van der Waals surface area contributed by atoms with Crippen molar-refractivity contribution in [1.29, 1.82) is 0 Å².